The van der Waals surface area contributed by atoms with Gasteiger partial charge in [0.25, 0.3) is 0 Å². The van der Waals surface area contributed by atoms with Gasteiger partial charge in [-0.3, -0.25) is 0 Å². The van der Waals surface area contributed by atoms with Crippen LogP contribution < -0.4 is 5.32 Å². The summed E-state index contributed by atoms with van der Waals surface area (Å²) in [7, 11) is 2.06. The molecular weight excluding hydrogens is 232 g/mol. The number of benzene rings is 1. The average molecular weight is 262 g/mol. The second kappa shape index (κ2) is 7.66. The molecule has 0 amide bonds. The Morgan fingerprint density at radius 3 is 2.05 bits per heavy atom. The first-order valence-electron chi connectivity index (χ1n) is 7.44. The molecule has 0 radical (unpaired) electrons. The molecule has 19 heavy (non-hydrogen) atoms. The molecule has 0 heterocycles. The SMILES string of the molecule is CCN(CC(C)C)CC(NC)c1cc(C)cc(C)c1. The summed E-state index contributed by atoms with van der Waals surface area (Å²) in [4.78, 5) is 2.53. The number of hydrogen-bond donors (Lipinski definition) is 1. The van der Waals surface area contributed by atoms with Crippen molar-refractivity contribution in [1.29, 1.82) is 0 Å². The first-order valence-corrected chi connectivity index (χ1v) is 7.44. The molecule has 0 aromatic heterocycles. The van der Waals surface area contributed by atoms with Gasteiger partial charge >= 0.3 is 0 Å². The Hall–Kier alpha value is -0.860. The summed E-state index contributed by atoms with van der Waals surface area (Å²) in [6, 6.07) is 7.26. The maximum atomic E-state index is 3.47. The summed E-state index contributed by atoms with van der Waals surface area (Å²) >= 11 is 0. The van der Waals surface area contributed by atoms with Crippen LogP contribution in [0.5, 0.6) is 0 Å². The van der Waals surface area contributed by atoms with Crippen LogP contribution in [0.25, 0.3) is 0 Å². The van der Waals surface area contributed by atoms with Crippen molar-refractivity contribution in [2.24, 2.45) is 5.92 Å². The number of nitrogens with one attached hydrogen (secondary N) is 1. The lowest BCUT2D eigenvalue weighted by atomic mass is 10.0. The van der Waals surface area contributed by atoms with Crippen molar-refractivity contribution >= 4 is 0 Å². The largest absolute Gasteiger partial charge is 0.312 e. The van der Waals surface area contributed by atoms with Gasteiger partial charge in [-0.25, -0.2) is 0 Å². The Kier molecular flexibility index (Phi) is 6.53. The zero-order valence-electron chi connectivity index (χ0n) is 13.5. The lowest BCUT2D eigenvalue weighted by molar-refractivity contribution is 0.232. The summed E-state index contributed by atoms with van der Waals surface area (Å²) in [5.74, 6) is 0.719. The van der Waals surface area contributed by atoms with Gasteiger partial charge in [-0.1, -0.05) is 50.1 Å². The molecule has 0 spiro atoms. The van der Waals surface area contributed by atoms with Crippen LogP contribution in [0.1, 0.15) is 43.5 Å². The van der Waals surface area contributed by atoms with E-state index in [2.05, 4.69) is 70.1 Å². The van der Waals surface area contributed by atoms with E-state index in [1.54, 1.807) is 0 Å². The number of rotatable bonds is 7. The summed E-state index contributed by atoms with van der Waals surface area (Å²) in [6.45, 7) is 14.5. The lowest BCUT2D eigenvalue weighted by Crippen LogP contribution is -2.36. The molecule has 1 N–H and O–H groups in total. The molecule has 2 nitrogen and oxygen atoms in total. The summed E-state index contributed by atoms with van der Waals surface area (Å²) in [6.07, 6.45) is 0. The molecule has 0 saturated carbocycles. The van der Waals surface area contributed by atoms with Gasteiger partial charge < -0.3 is 10.2 Å². The molecule has 1 aromatic carbocycles. The third-order valence-corrected chi connectivity index (χ3v) is 3.51. The van der Waals surface area contributed by atoms with Crippen molar-refractivity contribution in [2.45, 2.75) is 40.7 Å². The molecule has 108 valence electrons. The number of likely N-dealkylation sites (N-methyl/N-ethyl adjacent to an activating group) is 2. The van der Waals surface area contributed by atoms with E-state index in [0.29, 0.717) is 6.04 Å². The average Bonchev–Trinajstić information content (AvgIpc) is 2.32. The van der Waals surface area contributed by atoms with Gasteiger partial charge in [-0.15, -0.1) is 0 Å². The first-order chi connectivity index (χ1) is 8.96. The van der Waals surface area contributed by atoms with Gasteiger partial charge in [0.1, 0.15) is 0 Å². The Morgan fingerprint density at radius 1 is 1.05 bits per heavy atom. The summed E-state index contributed by atoms with van der Waals surface area (Å²) in [5, 5.41) is 3.47. The molecular formula is C17H30N2. The van der Waals surface area contributed by atoms with Gasteiger partial charge in [0.05, 0.1) is 0 Å². The van der Waals surface area contributed by atoms with Crippen molar-refractivity contribution in [3.8, 4) is 0 Å². The van der Waals surface area contributed by atoms with Gasteiger partial charge in [-0.05, 0) is 38.9 Å². The van der Waals surface area contributed by atoms with Crippen LogP contribution in [-0.2, 0) is 0 Å². The van der Waals surface area contributed by atoms with E-state index in [1.807, 2.05) is 0 Å². The zero-order valence-corrected chi connectivity index (χ0v) is 13.5. The highest BCUT2D eigenvalue weighted by molar-refractivity contribution is 5.30. The third kappa shape index (κ3) is 5.33. The van der Waals surface area contributed by atoms with Gasteiger partial charge in [0.2, 0.25) is 0 Å². The highest BCUT2D eigenvalue weighted by Crippen LogP contribution is 2.18. The topological polar surface area (TPSA) is 15.3 Å². The molecule has 1 unspecified atom stereocenters. The van der Waals surface area contributed by atoms with Crippen LogP contribution in [0.3, 0.4) is 0 Å². The van der Waals surface area contributed by atoms with E-state index in [-0.39, 0.29) is 0 Å². The van der Waals surface area contributed by atoms with E-state index in [1.165, 1.54) is 23.2 Å². The third-order valence-electron chi connectivity index (χ3n) is 3.51. The van der Waals surface area contributed by atoms with Crippen molar-refractivity contribution in [1.82, 2.24) is 10.2 Å². The minimum absolute atomic E-state index is 0.414. The normalized spacial score (nSPS) is 13.3. The summed E-state index contributed by atoms with van der Waals surface area (Å²) < 4.78 is 0. The predicted molar refractivity (Wildman–Crippen MR) is 84.7 cm³/mol. The lowest BCUT2D eigenvalue weighted by Gasteiger charge is -2.28. The van der Waals surface area contributed by atoms with Crippen molar-refractivity contribution in [3.05, 3.63) is 34.9 Å². The second-order valence-electron chi connectivity index (χ2n) is 6.01. The van der Waals surface area contributed by atoms with Crippen LogP contribution in [0, 0.1) is 19.8 Å². The first kappa shape index (κ1) is 16.2. The van der Waals surface area contributed by atoms with Gasteiger partial charge in [-0.2, -0.15) is 0 Å². The van der Waals surface area contributed by atoms with Crippen LogP contribution >= 0.6 is 0 Å². The molecule has 2 heteroatoms. The van der Waals surface area contributed by atoms with Crippen LogP contribution in [-0.4, -0.2) is 31.6 Å². The Bertz CT molecular complexity index is 365. The van der Waals surface area contributed by atoms with E-state index in [0.717, 1.165) is 19.0 Å². The molecule has 0 saturated heterocycles. The second-order valence-corrected chi connectivity index (χ2v) is 6.01. The number of aryl methyl sites for hydroxylation is 2. The van der Waals surface area contributed by atoms with Crippen LogP contribution in [0.4, 0.5) is 0 Å². The highest BCUT2D eigenvalue weighted by atomic mass is 15.1. The van der Waals surface area contributed by atoms with Crippen molar-refractivity contribution in [2.75, 3.05) is 26.7 Å². The monoisotopic (exact) mass is 262 g/mol. The van der Waals surface area contributed by atoms with Crippen molar-refractivity contribution < 1.29 is 0 Å². The number of hydrogen-bond acceptors (Lipinski definition) is 2. The molecule has 1 rings (SSSR count). The minimum atomic E-state index is 0.414. The van der Waals surface area contributed by atoms with Gasteiger partial charge in [0.15, 0.2) is 0 Å². The maximum Gasteiger partial charge on any atom is 0.0447 e. The molecule has 1 aromatic rings. The smallest absolute Gasteiger partial charge is 0.0447 e. The Morgan fingerprint density at radius 2 is 1.63 bits per heavy atom. The molecule has 0 aliphatic carbocycles. The fourth-order valence-corrected chi connectivity index (χ4v) is 2.68. The molecule has 0 aliphatic rings. The van der Waals surface area contributed by atoms with E-state index in [9.17, 15) is 0 Å². The van der Waals surface area contributed by atoms with Crippen molar-refractivity contribution in [3.63, 3.8) is 0 Å². The molecule has 1 atom stereocenters. The van der Waals surface area contributed by atoms with Gasteiger partial charge in [0, 0.05) is 19.1 Å². The fraction of sp³-hybridized carbons (Fsp3) is 0.647. The van der Waals surface area contributed by atoms with E-state index in [4.69, 9.17) is 0 Å². The minimum Gasteiger partial charge on any atom is -0.312 e. The Labute approximate surface area is 119 Å². The van der Waals surface area contributed by atoms with Crippen LogP contribution in [0.2, 0.25) is 0 Å². The highest BCUT2D eigenvalue weighted by Gasteiger charge is 2.15. The zero-order chi connectivity index (χ0) is 14.4. The quantitative estimate of drug-likeness (QED) is 0.808. The Balaban J connectivity index is 2.81. The maximum absolute atomic E-state index is 3.47. The standard InChI is InChI=1S/C17H30N2/c1-7-19(11-13(2)3)12-17(18-6)16-9-14(4)8-15(5)10-16/h8-10,13,17-18H,7,11-12H2,1-6H3. The molecule has 0 bridgehead atoms. The number of nitrogens with zero attached hydrogens (tertiary/aromatic N) is 1. The fourth-order valence-electron chi connectivity index (χ4n) is 2.68. The molecule has 0 aliphatic heterocycles. The van der Waals surface area contributed by atoms with E-state index < -0.39 is 0 Å². The predicted octanol–water partition coefficient (Wildman–Crippen LogP) is 3.54. The van der Waals surface area contributed by atoms with Crippen LogP contribution in [0.15, 0.2) is 18.2 Å². The summed E-state index contributed by atoms with van der Waals surface area (Å²) in [5.41, 5.74) is 4.10. The van der Waals surface area contributed by atoms with E-state index >= 15 is 0 Å². The molecule has 0 fully saturated rings.